The van der Waals surface area contributed by atoms with Gasteiger partial charge in [-0.1, -0.05) is 25.4 Å². The van der Waals surface area contributed by atoms with E-state index in [-0.39, 0.29) is 10.8 Å². The van der Waals surface area contributed by atoms with Crippen LogP contribution in [0.1, 0.15) is 25.2 Å². The summed E-state index contributed by atoms with van der Waals surface area (Å²) in [4.78, 5) is 4.00. The molecule has 5 heteroatoms. The van der Waals surface area contributed by atoms with Crippen LogP contribution in [0.2, 0.25) is 5.02 Å². The molecule has 0 saturated carbocycles. The first-order valence-corrected chi connectivity index (χ1v) is 5.92. The van der Waals surface area contributed by atoms with Crippen molar-refractivity contribution in [3.05, 3.63) is 40.6 Å². The van der Waals surface area contributed by atoms with Crippen molar-refractivity contribution in [2.45, 2.75) is 26.7 Å². The third-order valence-electron chi connectivity index (χ3n) is 2.55. The number of halogens is 2. The van der Waals surface area contributed by atoms with Crippen LogP contribution in [0.5, 0.6) is 0 Å². The van der Waals surface area contributed by atoms with Gasteiger partial charge in [0.2, 0.25) is 0 Å². The number of pyridine rings is 1. The summed E-state index contributed by atoms with van der Waals surface area (Å²) in [7, 11) is 0. The van der Waals surface area contributed by atoms with Crippen LogP contribution in [0.3, 0.4) is 0 Å². The highest BCUT2D eigenvalue weighted by atomic mass is 35.5. The van der Waals surface area contributed by atoms with Gasteiger partial charge in [0.1, 0.15) is 0 Å². The van der Waals surface area contributed by atoms with E-state index in [4.69, 9.17) is 11.6 Å². The molecule has 0 aromatic carbocycles. The molecule has 0 spiro atoms. The molecule has 0 aliphatic carbocycles. The van der Waals surface area contributed by atoms with Crippen molar-refractivity contribution >= 4 is 11.6 Å². The summed E-state index contributed by atoms with van der Waals surface area (Å²) in [6, 6.07) is 3.21. The van der Waals surface area contributed by atoms with Crippen molar-refractivity contribution in [2.75, 3.05) is 0 Å². The summed E-state index contributed by atoms with van der Waals surface area (Å²) in [5, 5.41) is 4.62. The van der Waals surface area contributed by atoms with E-state index in [0.29, 0.717) is 0 Å². The summed E-state index contributed by atoms with van der Waals surface area (Å²) in [5.74, 6) is -0.260. The normalized spacial score (nSPS) is 10.8. The first-order valence-electron chi connectivity index (χ1n) is 5.55. The topological polar surface area (TPSA) is 30.7 Å². The minimum absolute atomic E-state index is 0.200. The number of nitrogens with zero attached hydrogens (tertiary/aromatic N) is 3. The molecule has 2 heterocycles. The molecule has 2 aromatic heterocycles. The Hall–Kier alpha value is -1.42. The van der Waals surface area contributed by atoms with E-state index in [2.05, 4.69) is 10.1 Å². The van der Waals surface area contributed by atoms with Crippen molar-refractivity contribution in [3.8, 4) is 5.82 Å². The molecule has 90 valence electrons. The van der Waals surface area contributed by atoms with Gasteiger partial charge in [-0.15, -0.1) is 0 Å². The Bertz CT molecular complexity index is 537. The van der Waals surface area contributed by atoms with Crippen LogP contribution in [0, 0.1) is 5.82 Å². The zero-order valence-electron chi connectivity index (χ0n) is 9.74. The number of hydrogen-bond donors (Lipinski definition) is 0. The van der Waals surface area contributed by atoms with Crippen LogP contribution in [-0.2, 0) is 12.8 Å². The molecule has 2 aromatic rings. The molecule has 0 aliphatic rings. The van der Waals surface area contributed by atoms with E-state index in [1.165, 1.54) is 12.3 Å². The van der Waals surface area contributed by atoms with Gasteiger partial charge in [0.05, 0.1) is 10.7 Å². The molecule has 17 heavy (non-hydrogen) atoms. The van der Waals surface area contributed by atoms with Gasteiger partial charge in [0, 0.05) is 11.9 Å². The van der Waals surface area contributed by atoms with E-state index in [1.807, 2.05) is 19.9 Å². The Balaban J connectivity index is 2.55. The smallest absolute Gasteiger partial charge is 0.190 e. The second kappa shape index (κ2) is 4.84. The van der Waals surface area contributed by atoms with Gasteiger partial charge in [0.15, 0.2) is 11.6 Å². The van der Waals surface area contributed by atoms with Crippen LogP contribution in [0.15, 0.2) is 18.3 Å². The number of aryl methyl sites for hydroxylation is 2. The fourth-order valence-electron chi connectivity index (χ4n) is 1.65. The Morgan fingerprint density at radius 1 is 1.29 bits per heavy atom. The molecule has 0 unspecified atom stereocenters. The van der Waals surface area contributed by atoms with Crippen molar-refractivity contribution in [3.63, 3.8) is 0 Å². The predicted octanol–water partition coefficient (Wildman–Crippen LogP) is 3.18. The Kier molecular flexibility index (Phi) is 3.43. The number of rotatable bonds is 3. The van der Waals surface area contributed by atoms with Gasteiger partial charge < -0.3 is 0 Å². The highest BCUT2D eigenvalue weighted by Crippen LogP contribution is 2.18. The fraction of sp³-hybridized carbons (Fsp3) is 0.333. The molecule has 0 N–H and O–H groups in total. The summed E-state index contributed by atoms with van der Waals surface area (Å²) >= 11 is 5.68. The second-order valence-electron chi connectivity index (χ2n) is 3.70. The number of aromatic nitrogens is 3. The summed E-state index contributed by atoms with van der Waals surface area (Å²) in [6.07, 6.45) is 3.01. The molecule has 3 nitrogen and oxygen atoms in total. The average Bonchev–Trinajstić information content (AvgIpc) is 2.72. The lowest BCUT2D eigenvalue weighted by atomic mass is 10.2. The van der Waals surface area contributed by atoms with E-state index < -0.39 is 5.82 Å². The largest absolute Gasteiger partial charge is 0.233 e. The maximum absolute atomic E-state index is 13.8. The Morgan fingerprint density at radius 3 is 2.65 bits per heavy atom. The van der Waals surface area contributed by atoms with Crippen LogP contribution in [-0.4, -0.2) is 14.8 Å². The van der Waals surface area contributed by atoms with Crippen LogP contribution < -0.4 is 0 Å². The maximum atomic E-state index is 13.8. The fourth-order valence-corrected chi connectivity index (χ4v) is 1.79. The molecular weight excluding hydrogens is 241 g/mol. The molecule has 0 fully saturated rings. The minimum Gasteiger partial charge on any atom is -0.233 e. The van der Waals surface area contributed by atoms with E-state index in [1.54, 1.807) is 4.68 Å². The lowest BCUT2D eigenvalue weighted by molar-refractivity contribution is 0.595. The molecule has 0 saturated heterocycles. The maximum Gasteiger partial charge on any atom is 0.190 e. The van der Waals surface area contributed by atoms with Gasteiger partial charge in [-0.25, -0.2) is 14.1 Å². The van der Waals surface area contributed by atoms with E-state index >= 15 is 0 Å². The van der Waals surface area contributed by atoms with Gasteiger partial charge in [-0.2, -0.15) is 5.10 Å². The molecule has 0 amide bonds. The van der Waals surface area contributed by atoms with Crippen molar-refractivity contribution in [1.82, 2.24) is 14.8 Å². The van der Waals surface area contributed by atoms with E-state index in [0.717, 1.165) is 24.2 Å². The Morgan fingerprint density at radius 2 is 2.06 bits per heavy atom. The highest BCUT2D eigenvalue weighted by Gasteiger charge is 2.12. The summed E-state index contributed by atoms with van der Waals surface area (Å²) < 4.78 is 15.3. The number of hydrogen-bond acceptors (Lipinski definition) is 2. The summed E-state index contributed by atoms with van der Waals surface area (Å²) in [5.41, 5.74) is 1.87. The van der Waals surface area contributed by atoms with Gasteiger partial charge >= 0.3 is 0 Å². The van der Waals surface area contributed by atoms with Crippen molar-refractivity contribution in [2.24, 2.45) is 0 Å². The first kappa shape index (κ1) is 12.0. The molecule has 2 rings (SSSR count). The molecular formula is C12H13ClFN3. The Labute approximate surface area is 104 Å². The summed E-state index contributed by atoms with van der Waals surface area (Å²) in [6.45, 7) is 4.01. The molecule has 0 atom stereocenters. The zero-order valence-corrected chi connectivity index (χ0v) is 10.5. The van der Waals surface area contributed by atoms with Gasteiger partial charge in [0.25, 0.3) is 0 Å². The van der Waals surface area contributed by atoms with Crippen LogP contribution in [0.4, 0.5) is 4.39 Å². The zero-order chi connectivity index (χ0) is 12.4. The monoisotopic (exact) mass is 253 g/mol. The highest BCUT2D eigenvalue weighted by molar-refractivity contribution is 6.30. The second-order valence-corrected chi connectivity index (χ2v) is 4.14. The lowest BCUT2D eigenvalue weighted by Gasteiger charge is -2.05. The molecule has 0 radical (unpaired) electrons. The predicted molar refractivity (Wildman–Crippen MR) is 65.1 cm³/mol. The lowest BCUT2D eigenvalue weighted by Crippen LogP contribution is -2.06. The van der Waals surface area contributed by atoms with Gasteiger partial charge in [-0.05, 0) is 25.0 Å². The average molecular weight is 254 g/mol. The standard InChI is InChI=1S/C12H13ClFN3/c1-3-9-6-10(4-2)17(16-9)12-11(14)5-8(13)7-15-12/h5-7H,3-4H2,1-2H3. The van der Waals surface area contributed by atoms with Crippen molar-refractivity contribution in [1.29, 1.82) is 0 Å². The van der Waals surface area contributed by atoms with E-state index in [9.17, 15) is 4.39 Å². The third kappa shape index (κ3) is 2.31. The quantitative estimate of drug-likeness (QED) is 0.841. The van der Waals surface area contributed by atoms with Gasteiger partial charge in [-0.3, -0.25) is 0 Å². The SMILES string of the molecule is CCc1cc(CC)n(-c2ncc(Cl)cc2F)n1. The first-order chi connectivity index (χ1) is 8.15. The minimum atomic E-state index is -0.460. The molecule has 0 aliphatic heterocycles. The van der Waals surface area contributed by atoms with Crippen molar-refractivity contribution < 1.29 is 4.39 Å². The van der Waals surface area contributed by atoms with Crippen LogP contribution in [0.25, 0.3) is 5.82 Å². The van der Waals surface area contributed by atoms with Crippen LogP contribution >= 0.6 is 11.6 Å². The molecule has 0 bridgehead atoms. The third-order valence-corrected chi connectivity index (χ3v) is 2.75.